The van der Waals surface area contributed by atoms with E-state index in [1.54, 1.807) is 4.90 Å². The summed E-state index contributed by atoms with van der Waals surface area (Å²) in [6, 6.07) is 13.6. The van der Waals surface area contributed by atoms with E-state index in [2.05, 4.69) is 15.3 Å². The number of rotatable bonds is 5. The van der Waals surface area contributed by atoms with Gasteiger partial charge >= 0.3 is 6.09 Å². The summed E-state index contributed by atoms with van der Waals surface area (Å²) < 4.78 is 7.48. The van der Waals surface area contributed by atoms with Crippen molar-refractivity contribution >= 4 is 28.9 Å². The van der Waals surface area contributed by atoms with Crippen LogP contribution >= 0.6 is 0 Å². The number of aryl methyl sites for hydroxylation is 2. The molecule has 0 unspecified atom stereocenters. The van der Waals surface area contributed by atoms with Gasteiger partial charge in [0.2, 0.25) is 0 Å². The first-order valence-corrected chi connectivity index (χ1v) is 13.9. The van der Waals surface area contributed by atoms with E-state index < -0.39 is 5.60 Å². The molecule has 3 N–H and O–H groups in total. The highest BCUT2D eigenvalue weighted by atomic mass is 16.6. The molecule has 5 rings (SSSR count). The zero-order valence-electron chi connectivity index (χ0n) is 24.3. The Morgan fingerprint density at radius 1 is 1.07 bits per heavy atom. The number of carbonyl (C=O) groups is 2. The van der Waals surface area contributed by atoms with Gasteiger partial charge in [-0.25, -0.2) is 19.4 Å². The van der Waals surface area contributed by atoms with Gasteiger partial charge in [-0.1, -0.05) is 41.5 Å². The highest BCUT2D eigenvalue weighted by Crippen LogP contribution is 2.34. The number of piperidine rings is 1. The molecule has 1 atom stereocenters. The quantitative estimate of drug-likeness (QED) is 0.347. The Kier molecular flexibility index (Phi) is 7.66. The lowest BCUT2D eigenvalue weighted by Gasteiger charge is -2.34. The van der Waals surface area contributed by atoms with Crippen LogP contribution in [0.25, 0.3) is 22.3 Å². The van der Waals surface area contributed by atoms with E-state index in [1.807, 2.05) is 81.8 Å². The standard InChI is InChI=1S/C31H37N7O3/c1-19-13-20(2)15-23(14-19)29(39)33-16-21-8-10-22(11-9-21)26-25-27(32)34-18-35-28(25)38(36-26)24-7-6-12-37(17-24)30(40)41-31(3,4)5/h8-11,13-15,18,24H,6-7,12,16-17H2,1-5H3,(H,33,39)(H2,32,34,35)/t24-/m1/s1. The van der Waals surface area contributed by atoms with E-state index in [4.69, 9.17) is 15.6 Å². The van der Waals surface area contributed by atoms with Gasteiger partial charge in [0.15, 0.2) is 5.65 Å². The van der Waals surface area contributed by atoms with Crippen LogP contribution in [0.4, 0.5) is 10.6 Å². The number of amides is 2. The molecule has 10 heteroatoms. The number of ether oxygens (including phenoxy) is 1. The number of nitrogens with one attached hydrogen (secondary N) is 1. The van der Waals surface area contributed by atoms with E-state index in [9.17, 15) is 9.59 Å². The topological polar surface area (TPSA) is 128 Å². The molecule has 2 aromatic heterocycles. The first-order chi connectivity index (χ1) is 19.5. The van der Waals surface area contributed by atoms with Crippen LogP contribution in [0.3, 0.4) is 0 Å². The molecular weight excluding hydrogens is 518 g/mol. The summed E-state index contributed by atoms with van der Waals surface area (Å²) in [5, 5.41) is 8.64. The SMILES string of the molecule is Cc1cc(C)cc(C(=O)NCc2ccc(-c3nn([C@@H]4CCCN(C(=O)OC(C)(C)C)C4)c4ncnc(N)c34)cc2)c1. The van der Waals surface area contributed by atoms with E-state index >= 15 is 0 Å². The van der Waals surface area contributed by atoms with Crippen LogP contribution in [-0.4, -0.2) is 55.3 Å². The van der Waals surface area contributed by atoms with Crippen molar-refractivity contribution in [1.29, 1.82) is 0 Å². The smallest absolute Gasteiger partial charge is 0.410 e. The van der Waals surface area contributed by atoms with Gasteiger partial charge < -0.3 is 20.7 Å². The molecule has 214 valence electrons. The summed E-state index contributed by atoms with van der Waals surface area (Å²) in [5.74, 6) is 0.240. The fourth-order valence-corrected chi connectivity index (χ4v) is 5.27. The maximum absolute atomic E-state index is 12.8. The molecule has 2 aromatic carbocycles. The predicted molar refractivity (Wildman–Crippen MR) is 158 cm³/mol. The van der Waals surface area contributed by atoms with Crippen molar-refractivity contribution < 1.29 is 14.3 Å². The summed E-state index contributed by atoms with van der Waals surface area (Å²) in [6.07, 6.45) is 2.78. The molecule has 41 heavy (non-hydrogen) atoms. The molecule has 1 aliphatic heterocycles. The van der Waals surface area contributed by atoms with Gasteiger partial charge in [0, 0.05) is 30.8 Å². The predicted octanol–water partition coefficient (Wildman–Crippen LogP) is 5.19. The molecule has 0 aliphatic carbocycles. The maximum Gasteiger partial charge on any atom is 0.410 e. The highest BCUT2D eigenvalue weighted by Gasteiger charge is 2.31. The van der Waals surface area contributed by atoms with E-state index in [0.29, 0.717) is 47.7 Å². The second kappa shape index (κ2) is 11.2. The molecule has 1 aliphatic rings. The van der Waals surface area contributed by atoms with Gasteiger partial charge in [0.1, 0.15) is 23.4 Å². The van der Waals surface area contributed by atoms with Crippen LogP contribution in [0.1, 0.15) is 66.7 Å². The average Bonchev–Trinajstić information content (AvgIpc) is 3.32. The molecule has 2 amide bonds. The van der Waals surface area contributed by atoms with Crippen LogP contribution < -0.4 is 11.1 Å². The molecule has 1 saturated heterocycles. The minimum Gasteiger partial charge on any atom is -0.444 e. The van der Waals surface area contributed by atoms with E-state index in [0.717, 1.165) is 35.1 Å². The van der Waals surface area contributed by atoms with Crippen molar-refractivity contribution in [3.05, 3.63) is 71.0 Å². The third kappa shape index (κ3) is 6.32. The first-order valence-electron chi connectivity index (χ1n) is 13.9. The second-order valence-corrected chi connectivity index (χ2v) is 11.7. The van der Waals surface area contributed by atoms with Gasteiger partial charge in [-0.2, -0.15) is 5.10 Å². The summed E-state index contributed by atoms with van der Waals surface area (Å²) in [4.78, 5) is 36.0. The number of hydrogen-bond donors (Lipinski definition) is 2. The zero-order valence-corrected chi connectivity index (χ0v) is 24.3. The third-order valence-corrected chi connectivity index (χ3v) is 7.08. The molecule has 4 aromatic rings. The number of nitrogens with two attached hydrogens (primary N) is 1. The van der Waals surface area contributed by atoms with E-state index in [-0.39, 0.29) is 18.0 Å². The van der Waals surface area contributed by atoms with Gasteiger partial charge in [0.05, 0.1) is 11.4 Å². The normalized spacial score (nSPS) is 15.6. The van der Waals surface area contributed by atoms with Crippen LogP contribution in [0.5, 0.6) is 0 Å². The molecule has 3 heterocycles. The van der Waals surface area contributed by atoms with Crippen molar-refractivity contribution in [2.45, 2.75) is 65.6 Å². The van der Waals surface area contributed by atoms with Crippen molar-refractivity contribution in [3.63, 3.8) is 0 Å². The average molecular weight is 556 g/mol. The monoisotopic (exact) mass is 555 g/mol. The number of aromatic nitrogens is 4. The molecule has 0 spiro atoms. The Hall–Kier alpha value is -4.47. The van der Waals surface area contributed by atoms with Crippen LogP contribution in [0.15, 0.2) is 48.8 Å². The summed E-state index contributed by atoms with van der Waals surface area (Å²) in [7, 11) is 0. The molecular formula is C31H37N7O3. The van der Waals surface area contributed by atoms with Crippen LogP contribution in [-0.2, 0) is 11.3 Å². The number of carbonyl (C=O) groups excluding carboxylic acids is 2. The summed E-state index contributed by atoms with van der Waals surface area (Å²) in [5.41, 5.74) is 11.7. The molecule has 10 nitrogen and oxygen atoms in total. The van der Waals surface area contributed by atoms with Crippen LogP contribution in [0, 0.1) is 13.8 Å². The number of nitrogen functional groups attached to an aromatic ring is 1. The fourth-order valence-electron chi connectivity index (χ4n) is 5.27. The minimum absolute atomic E-state index is 0.0819. The van der Waals surface area contributed by atoms with E-state index in [1.165, 1.54) is 6.33 Å². The Morgan fingerprint density at radius 2 is 1.78 bits per heavy atom. The van der Waals surface area contributed by atoms with Crippen molar-refractivity contribution in [3.8, 4) is 11.3 Å². The number of benzene rings is 2. The number of fused-ring (bicyclic) bond motifs is 1. The van der Waals surface area contributed by atoms with Gasteiger partial charge in [0.25, 0.3) is 5.91 Å². The number of likely N-dealkylation sites (tertiary alicyclic amines) is 1. The molecule has 1 fully saturated rings. The molecule has 0 bridgehead atoms. The lowest BCUT2D eigenvalue weighted by Crippen LogP contribution is -2.43. The first kappa shape index (κ1) is 28.1. The summed E-state index contributed by atoms with van der Waals surface area (Å²) in [6.45, 7) is 11.1. The lowest BCUT2D eigenvalue weighted by atomic mass is 10.1. The number of anilines is 1. The van der Waals surface area contributed by atoms with Gasteiger partial charge in [-0.3, -0.25) is 4.79 Å². The van der Waals surface area contributed by atoms with Crippen molar-refractivity contribution in [2.75, 3.05) is 18.8 Å². The Morgan fingerprint density at radius 3 is 2.46 bits per heavy atom. The Labute approximate surface area is 239 Å². The number of hydrogen-bond acceptors (Lipinski definition) is 7. The summed E-state index contributed by atoms with van der Waals surface area (Å²) >= 11 is 0. The fraction of sp³-hybridized carbons (Fsp3) is 0.387. The van der Waals surface area contributed by atoms with Crippen molar-refractivity contribution in [1.82, 2.24) is 30.0 Å². The Balaban J connectivity index is 1.36. The number of nitrogens with zero attached hydrogens (tertiary/aromatic N) is 5. The second-order valence-electron chi connectivity index (χ2n) is 11.7. The minimum atomic E-state index is -0.564. The molecule has 0 saturated carbocycles. The van der Waals surface area contributed by atoms with Gasteiger partial charge in [-0.15, -0.1) is 0 Å². The third-order valence-electron chi connectivity index (χ3n) is 7.08. The van der Waals surface area contributed by atoms with Gasteiger partial charge in [-0.05, 0) is 65.2 Å². The highest BCUT2D eigenvalue weighted by molar-refractivity contribution is 5.98. The lowest BCUT2D eigenvalue weighted by molar-refractivity contribution is 0.0169. The Bertz CT molecular complexity index is 1570. The largest absolute Gasteiger partial charge is 0.444 e. The maximum atomic E-state index is 12.8. The van der Waals surface area contributed by atoms with Crippen LogP contribution in [0.2, 0.25) is 0 Å². The van der Waals surface area contributed by atoms with Crippen molar-refractivity contribution in [2.24, 2.45) is 0 Å². The molecule has 0 radical (unpaired) electrons. The zero-order chi connectivity index (χ0) is 29.3.